The Morgan fingerprint density at radius 1 is 0.436 bits per heavy atom. The zero-order chi connectivity index (χ0) is 26.2. The van der Waals surface area contributed by atoms with E-state index in [0.29, 0.717) is 24.4 Å². The standard InChI is InChI=1S/C38H34O/c39-25-34-30-21-23-32-33(24-22-31(30)34)36(27-15-7-2-8-16-27)38(29-19-11-4-12-20-29)37(28-17-9-3-10-18-28)35(32)26-13-5-1-6-14-26/h1-20,30-31,34,39H,21-25H2/t30-,31+,34+. The number of hydrogen-bond acceptors (Lipinski definition) is 1. The molecular formula is C38H34O. The molecule has 5 aromatic carbocycles. The minimum atomic E-state index is 0.327. The second kappa shape index (κ2) is 10.3. The van der Waals surface area contributed by atoms with E-state index in [1.807, 2.05) is 0 Å². The molecule has 1 fully saturated rings. The van der Waals surface area contributed by atoms with Crippen LogP contribution in [-0.4, -0.2) is 11.7 Å². The summed E-state index contributed by atoms with van der Waals surface area (Å²) < 4.78 is 0. The maximum Gasteiger partial charge on any atom is 0.0464 e. The summed E-state index contributed by atoms with van der Waals surface area (Å²) in [7, 11) is 0. The predicted octanol–water partition coefficient (Wildman–Crippen LogP) is 9.09. The lowest BCUT2D eigenvalue weighted by molar-refractivity contribution is 0.262. The quantitative estimate of drug-likeness (QED) is 0.252. The first-order chi connectivity index (χ1) is 19.3. The number of hydrogen-bond donors (Lipinski definition) is 1. The van der Waals surface area contributed by atoms with E-state index in [0.717, 1.165) is 25.7 Å². The second-order valence-electron chi connectivity index (χ2n) is 11.2. The van der Waals surface area contributed by atoms with E-state index >= 15 is 0 Å². The van der Waals surface area contributed by atoms with Crippen LogP contribution in [0.2, 0.25) is 0 Å². The first kappa shape index (κ1) is 24.1. The summed E-state index contributed by atoms with van der Waals surface area (Å²) in [5.74, 6) is 1.78. The Kier molecular flexibility index (Phi) is 6.38. The van der Waals surface area contributed by atoms with Crippen LogP contribution in [0.5, 0.6) is 0 Å². The zero-order valence-corrected chi connectivity index (χ0v) is 22.3. The molecule has 0 bridgehead atoms. The number of fused-ring (bicyclic) bond motifs is 2. The summed E-state index contributed by atoms with van der Waals surface area (Å²) >= 11 is 0. The molecule has 39 heavy (non-hydrogen) atoms. The molecule has 0 radical (unpaired) electrons. The van der Waals surface area contributed by atoms with Crippen molar-refractivity contribution < 1.29 is 5.11 Å². The SMILES string of the molecule is OC[C@@H]1[C@H]2CCc3c(c(-c4ccccc4)c(-c4ccccc4)c(-c4ccccc4)c3-c3ccccc3)CC[C@@H]12. The molecule has 2 aliphatic carbocycles. The Balaban J connectivity index is 1.63. The van der Waals surface area contributed by atoms with Crippen molar-refractivity contribution in [3.63, 3.8) is 0 Å². The molecule has 0 unspecified atom stereocenters. The molecule has 0 aliphatic heterocycles. The maximum absolute atomic E-state index is 10.1. The second-order valence-corrected chi connectivity index (χ2v) is 11.2. The summed E-state index contributed by atoms with van der Waals surface area (Å²) in [5.41, 5.74) is 13.5. The third kappa shape index (κ3) is 4.32. The molecule has 1 heteroatoms. The highest BCUT2D eigenvalue weighted by Crippen LogP contribution is 2.56. The molecule has 1 nitrogen and oxygen atoms in total. The first-order valence-corrected chi connectivity index (χ1v) is 14.4. The van der Waals surface area contributed by atoms with Gasteiger partial charge in [0.2, 0.25) is 0 Å². The molecule has 5 aromatic rings. The third-order valence-corrected chi connectivity index (χ3v) is 9.14. The van der Waals surface area contributed by atoms with Crippen molar-refractivity contribution in [1.29, 1.82) is 0 Å². The van der Waals surface area contributed by atoms with Gasteiger partial charge in [-0.3, -0.25) is 0 Å². The summed E-state index contributed by atoms with van der Waals surface area (Å²) in [6.07, 6.45) is 4.39. The summed E-state index contributed by atoms with van der Waals surface area (Å²) in [6, 6.07) is 44.1. The largest absolute Gasteiger partial charge is 0.396 e. The van der Waals surface area contributed by atoms with Gasteiger partial charge in [-0.25, -0.2) is 0 Å². The molecule has 7 rings (SSSR count). The van der Waals surface area contributed by atoms with E-state index in [2.05, 4.69) is 121 Å². The number of aliphatic hydroxyl groups excluding tert-OH is 1. The first-order valence-electron chi connectivity index (χ1n) is 14.4. The van der Waals surface area contributed by atoms with Crippen molar-refractivity contribution in [2.45, 2.75) is 25.7 Å². The highest BCUT2D eigenvalue weighted by Gasteiger charge is 2.49. The van der Waals surface area contributed by atoms with Gasteiger partial charge in [-0.15, -0.1) is 0 Å². The van der Waals surface area contributed by atoms with Gasteiger partial charge < -0.3 is 5.11 Å². The average molecular weight is 507 g/mol. The van der Waals surface area contributed by atoms with E-state index < -0.39 is 0 Å². The number of benzene rings is 5. The van der Waals surface area contributed by atoms with Gasteiger partial charge in [-0.1, -0.05) is 121 Å². The fourth-order valence-corrected chi connectivity index (χ4v) is 7.31. The molecule has 1 saturated carbocycles. The van der Waals surface area contributed by atoms with Crippen LogP contribution in [0.15, 0.2) is 121 Å². The van der Waals surface area contributed by atoms with Crippen LogP contribution in [0.4, 0.5) is 0 Å². The van der Waals surface area contributed by atoms with Gasteiger partial charge in [0.25, 0.3) is 0 Å². The molecule has 2 aliphatic rings. The zero-order valence-electron chi connectivity index (χ0n) is 22.3. The van der Waals surface area contributed by atoms with Crippen molar-refractivity contribution in [2.75, 3.05) is 6.61 Å². The maximum atomic E-state index is 10.1. The minimum Gasteiger partial charge on any atom is -0.396 e. The van der Waals surface area contributed by atoms with Crippen molar-refractivity contribution in [3.05, 3.63) is 132 Å². The fourth-order valence-electron chi connectivity index (χ4n) is 7.31. The highest BCUT2D eigenvalue weighted by atomic mass is 16.3. The third-order valence-electron chi connectivity index (χ3n) is 9.14. The van der Waals surface area contributed by atoms with Crippen LogP contribution in [0, 0.1) is 17.8 Å². The molecular weight excluding hydrogens is 472 g/mol. The van der Waals surface area contributed by atoms with Gasteiger partial charge in [0.1, 0.15) is 0 Å². The molecule has 0 spiro atoms. The Labute approximate surface area is 231 Å². The Morgan fingerprint density at radius 3 is 1.05 bits per heavy atom. The summed E-state index contributed by atoms with van der Waals surface area (Å²) in [4.78, 5) is 0. The predicted molar refractivity (Wildman–Crippen MR) is 162 cm³/mol. The van der Waals surface area contributed by atoms with Gasteiger partial charge in [0.15, 0.2) is 0 Å². The van der Waals surface area contributed by atoms with E-state index in [9.17, 15) is 5.11 Å². The van der Waals surface area contributed by atoms with Gasteiger partial charge in [-0.05, 0) is 99.1 Å². The lowest BCUT2D eigenvalue weighted by Crippen LogP contribution is -2.09. The van der Waals surface area contributed by atoms with Gasteiger partial charge >= 0.3 is 0 Å². The Hall–Kier alpha value is -3.94. The molecule has 0 heterocycles. The molecule has 1 N–H and O–H groups in total. The highest BCUT2D eigenvalue weighted by molar-refractivity contribution is 6.04. The molecule has 0 saturated heterocycles. The van der Waals surface area contributed by atoms with E-state index in [1.165, 1.54) is 55.6 Å². The smallest absolute Gasteiger partial charge is 0.0464 e. The normalized spacial score (nSPS) is 19.9. The topological polar surface area (TPSA) is 20.2 Å². The molecule has 192 valence electrons. The van der Waals surface area contributed by atoms with Gasteiger partial charge in [-0.2, -0.15) is 0 Å². The van der Waals surface area contributed by atoms with Crippen molar-refractivity contribution in [3.8, 4) is 44.5 Å². The van der Waals surface area contributed by atoms with Crippen LogP contribution in [0.25, 0.3) is 44.5 Å². The van der Waals surface area contributed by atoms with Crippen LogP contribution in [0.1, 0.15) is 24.0 Å². The lowest BCUT2D eigenvalue weighted by Gasteiger charge is -2.29. The van der Waals surface area contributed by atoms with Crippen LogP contribution in [0.3, 0.4) is 0 Å². The molecule has 3 atom stereocenters. The average Bonchev–Trinajstić information content (AvgIpc) is 3.68. The van der Waals surface area contributed by atoms with E-state index in [4.69, 9.17) is 0 Å². The number of aliphatic hydroxyl groups is 1. The Morgan fingerprint density at radius 2 is 0.744 bits per heavy atom. The van der Waals surface area contributed by atoms with E-state index in [-0.39, 0.29) is 0 Å². The molecule has 0 amide bonds. The van der Waals surface area contributed by atoms with Gasteiger partial charge in [0, 0.05) is 6.61 Å². The van der Waals surface area contributed by atoms with Gasteiger partial charge in [0.05, 0.1) is 0 Å². The van der Waals surface area contributed by atoms with E-state index in [1.54, 1.807) is 0 Å². The summed E-state index contributed by atoms with van der Waals surface area (Å²) in [5, 5.41) is 10.1. The minimum absolute atomic E-state index is 0.327. The monoisotopic (exact) mass is 506 g/mol. The number of rotatable bonds is 5. The van der Waals surface area contributed by atoms with Crippen LogP contribution < -0.4 is 0 Å². The van der Waals surface area contributed by atoms with Crippen LogP contribution in [-0.2, 0) is 12.8 Å². The van der Waals surface area contributed by atoms with Crippen LogP contribution >= 0.6 is 0 Å². The van der Waals surface area contributed by atoms with Crippen molar-refractivity contribution >= 4 is 0 Å². The lowest BCUT2D eigenvalue weighted by atomic mass is 9.74. The molecule has 0 aromatic heterocycles. The van der Waals surface area contributed by atoms with Crippen molar-refractivity contribution in [2.24, 2.45) is 17.8 Å². The fraction of sp³-hybridized carbons (Fsp3) is 0.211. The van der Waals surface area contributed by atoms with Crippen molar-refractivity contribution in [1.82, 2.24) is 0 Å². The Bertz CT molecular complexity index is 1450. The summed E-state index contributed by atoms with van der Waals surface area (Å²) in [6.45, 7) is 0.327.